The van der Waals surface area contributed by atoms with E-state index in [1.54, 1.807) is 38.1 Å². The zero-order valence-corrected chi connectivity index (χ0v) is 14.8. The summed E-state index contributed by atoms with van der Waals surface area (Å²) in [7, 11) is 0. The fourth-order valence-electron chi connectivity index (χ4n) is 2.70. The van der Waals surface area contributed by atoms with Gasteiger partial charge in [0, 0.05) is 5.69 Å². The summed E-state index contributed by atoms with van der Waals surface area (Å²) in [5.41, 5.74) is 3.40. The molecule has 0 radical (unpaired) electrons. The molecule has 0 saturated heterocycles. The number of para-hydroxylation sites is 1. The molecule has 6 heteroatoms. The molecule has 0 atom stereocenters. The monoisotopic (exact) mass is 349 g/mol. The number of benzene rings is 2. The van der Waals surface area contributed by atoms with Crippen LogP contribution in [-0.4, -0.2) is 17.0 Å². The number of aryl methyl sites for hydroxylation is 3. The van der Waals surface area contributed by atoms with Gasteiger partial charge in [-0.2, -0.15) is 0 Å². The number of anilines is 2. The Morgan fingerprint density at radius 1 is 0.923 bits per heavy atom. The number of amides is 2. The summed E-state index contributed by atoms with van der Waals surface area (Å²) < 4.78 is 5.03. The number of carbonyl (C=O) groups excluding carboxylic acids is 2. The first kappa shape index (κ1) is 17.4. The normalized spacial score (nSPS) is 10.4. The molecule has 6 nitrogen and oxygen atoms in total. The van der Waals surface area contributed by atoms with E-state index in [-0.39, 0.29) is 11.8 Å². The number of nitrogens with one attached hydrogen (secondary N) is 2. The fraction of sp³-hybridized carbons (Fsp3) is 0.150. The van der Waals surface area contributed by atoms with E-state index in [4.69, 9.17) is 4.52 Å². The summed E-state index contributed by atoms with van der Waals surface area (Å²) in [6, 6.07) is 14.4. The van der Waals surface area contributed by atoms with Crippen LogP contribution < -0.4 is 10.6 Å². The second-order valence-corrected chi connectivity index (χ2v) is 6.02. The van der Waals surface area contributed by atoms with Crippen LogP contribution in [0.15, 0.2) is 53.1 Å². The molecule has 1 heterocycles. The van der Waals surface area contributed by atoms with Crippen molar-refractivity contribution in [2.24, 2.45) is 0 Å². The predicted octanol–water partition coefficient (Wildman–Crippen LogP) is 4.10. The lowest BCUT2D eigenvalue weighted by molar-refractivity contribution is 0.102. The Morgan fingerprint density at radius 3 is 2.38 bits per heavy atom. The number of carbonyl (C=O) groups is 2. The smallest absolute Gasteiger partial charge is 0.261 e. The predicted molar refractivity (Wildman–Crippen MR) is 99.5 cm³/mol. The van der Waals surface area contributed by atoms with Crippen molar-refractivity contribution in [2.75, 3.05) is 10.6 Å². The molecule has 0 saturated carbocycles. The largest absolute Gasteiger partial charge is 0.361 e. The highest BCUT2D eigenvalue weighted by Crippen LogP contribution is 2.20. The Hall–Kier alpha value is -3.41. The minimum absolute atomic E-state index is 0.301. The summed E-state index contributed by atoms with van der Waals surface area (Å²) in [4.78, 5) is 25.2. The second kappa shape index (κ2) is 7.23. The van der Waals surface area contributed by atoms with Crippen molar-refractivity contribution in [2.45, 2.75) is 20.8 Å². The molecule has 26 heavy (non-hydrogen) atoms. The zero-order valence-electron chi connectivity index (χ0n) is 14.8. The van der Waals surface area contributed by atoms with Gasteiger partial charge >= 0.3 is 0 Å². The second-order valence-electron chi connectivity index (χ2n) is 6.02. The first-order valence-electron chi connectivity index (χ1n) is 8.17. The van der Waals surface area contributed by atoms with Crippen molar-refractivity contribution >= 4 is 23.2 Å². The Balaban J connectivity index is 1.84. The van der Waals surface area contributed by atoms with Gasteiger partial charge in [-0.1, -0.05) is 29.4 Å². The summed E-state index contributed by atoms with van der Waals surface area (Å²) in [5, 5.41) is 9.41. The molecule has 2 amide bonds. The van der Waals surface area contributed by atoms with Gasteiger partial charge in [-0.05, 0) is 50.6 Å². The van der Waals surface area contributed by atoms with Crippen molar-refractivity contribution < 1.29 is 14.1 Å². The van der Waals surface area contributed by atoms with Crippen LogP contribution in [0.3, 0.4) is 0 Å². The molecule has 0 spiro atoms. The minimum atomic E-state index is -0.364. The molecule has 3 rings (SSSR count). The highest BCUT2D eigenvalue weighted by atomic mass is 16.5. The third-order valence-electron chi connectivity index (χ3n) is 3.96. The van der Waals surface area contributed by atoms with Crippen LogP contribution in [0.4, 0.5) is 11.4 Å². The van der Waals surface area contributed by atoms with Gasteiger partial charge in [-0.3, -0.25) is 9.59 Å². The van der Waals surface area contributed by atoms with Gasteiger partial charge < -0.3 is 15.2 Å². The summed E-state index contributed by atoms with van der Waals surface area (Å²) in [6.45, 7) is 5.32. The topological polar surface area (TPSA) is 84.2 Å². The van der Waals surface area contributed by atoms with Crippen LogP contribution in [0.5, 0.6) is 0 Å². The Kier molecular flexibility index (Phi) is 4.84. The molecule has 0 fully saturated rings. The zero-order chi connectivity index (χ0) is 18.7. The van der Waals surface area contributed by atoms with Gasteiger partial charge in [0.1, 0.15) is 11.3 Å². The van der Waals surface area contributed by atoms with Gasteiger partial charge in [0.25, 0.3) is 11.8 Å². The van der Waals surface area contributed by atoms with Crippen LogP contribution in [0.2, 0.25) is 0 Å². The molecule has 3 aromatic rings. The molecule has 2 aromatic carbocycles. The first-order valence-corrected chi connectivity index (χ1v) is 8.17. The molecular weight excluding hydrogens is 330 g/mol. The molecule has 2 N–H and O–H groups in total. The molecule has 0 aliphatic heterocycles. The van der Waals surface area contributed by atoms with Gasteiger partial charge in [0.2, 0.25) is 0 Å². The van der Waals surface area contributed by atoms with E-state index in [1.807, 2.05) is 31.2 Å². The van der Waals surface area contributed by atoms with Crippen molar-refractivity contribution in [1.29, 1.82) is 0 Å². The van der Waals surface area contributed by atoms with Crippen LogP contribution in [-0.2, 0) is 0 Å². The third kappa shape index (κ3) is 3.64. The van der Waals surface area contributed by atoms with Gasteiger partial charge in [-0.15, -0.1) is 0 Å². The Morgan fingerprint density at radius 2 is 1.69 bits per heavy atom. The van der Waals surface area contributed by atoms with E-state index in [0.29, 0.717) is 34.0 Å². The number of hydrogen-bond acceptors (Lipinski definition) is 4. The third-order valence-corrected chi connectivity index (χ3v) is 3.96. The maximum Gasteiger partial charge on any atom is 0.261 e. The Bertz CT molecular complexity index is 956. The molecule has 0 bridgehead atoms. The van der Waals surface area contributed by atoms with Gasteiger partial charge in [0.05, 0.1) is 16.9 Å². The van der Waals surface area contributed by atoms with E-state index in [9.17, 15) is 9.59 Å². The SMILES string of the molecule is Cc1cccc(NC(=O)c2ccccc2NC(=O)c2c(C)noc2C)c1. The van der Waals surface area contributed by atoms with E-state index in [0.717, 1.165) is 5.56 Å². The average Bonchev–Trinajstić information content (AvgIpc) is 2.94. The molecule has 0 unspecified atom stereocenters. The van der Waals surface area contributed by atoms with E-state index in [1.165, 1.54) is 0 Å². The maximum atomic E-state index is 12.7. The van der Waals surface area contributed by atoms with E-state index in [2.05, 4.69) is 15.8 Å². The van der Waals surface area contributed by atoms with Gasteiger partial charge in [-0.25, -0.2) is 0 Å². The quantitative estimate of drug-likeness (QED) is 0.742. The standard InChI is InChI=1S/C20H19N3O3/c1-12-7-6-8-15(11-12)21-19(24)16-9-4-5-10-17(16)22-20(25)18-13(2)23-26-14(18)3/h4-11H,1-3H3,(H,21,24)(H,22,25). The number of rotatable bonds is 4. The molecule has 132 valence electrons. The van der Waals surface area contributed by atoms with Crippen molar-refractivity contribution in [3.05, 3.63) is 76.7 Å². The van der Waals surface area contributed by atoms with Crippen molar-refractivity contribution in [3.8, 4) is 0 Å². The molecular formula is C20H19N3O3. The highest BCUT2D eigenvalue weighted by molar-refractivity contribution is 6.13. The summed E-state index contributed by atoms with van der Waals surface area (Å²) in [5.74, 6) is -0.232. The minimum Gasteiger partial charge on any atom is -0.361 e. The number of nitrogens with zero attached hydrogens (tertiary/aromatic N) is 1. The van der Waals surface area contributed by atoms with Crippen LogP contribution >= 0.6 is 0 Å². The highest BCUT2D eigenvalue weighted by Gasteiger charge is 2.20. The van der Waals surface area contributed by atoms with Crippen LogP contribution in [0.25, 0.3) is 0 Å². The lowest BCUT2D eigenvalue weighted by Gasteiger charge is -2.11. The first-order chi connectivity index (χ1) is 12.5. The lowest BCUT2D eigenvalue weighted by Crippen LogP contribution is -2.19. The van der Waals surface area contributed by atoms with E-state index < -0.39 is 0 Å². The van der Waals surface area contributed by atoms with Gasteiger partial charge in [0.15, 0.2) is 0 Å². The van der Waals surface area contributed by atoms with Crippen molar-refractivity contribution in [3.63, 3.8) is 0 Å². The fourth-order valence-corrected chi connectivity index (χ4v) is 2.70. The van der Waals surface area contributed by atoms with Crippen LogP contribution in [0.1, 0.15) is 37.7 Å². The Labute approximate surface area is 151 Å². The molecule has 0 aliphatic carbocycles. The number of hydrogen-bond donors (Lipinski definition) is 2. The van der Waals surface area contributed by atoms with Crippen molar-refractivity contribution in [1.82, 2.24) is 5.16 Å². The average molecular weight is 349 g/mol. The summed E-state index contributed by atoms with van der Waals surface area (Å²) >= 11 is 0. The molecule has 1 aromatic heterocycles. The molecule has 0 aliphatic rings. The lowest BCUT2D eigenvalue weighted by atomic mass is 10.1. The van der Waals surface area contributed by atoms with E-state index >= 15 is 0 Å². The number of aromatic nitrogens is 1. The van der Waals surface area contributed by atoms with Crippen LogP contribution in [0, 0.1) is 20.8 Å². The summed E-state index contributed by atoms with van der Waals surface area (Å²) in [6.07, 6.45) is 0. The maximum absolute atomic E-state index is 12.7.